The Kier molecular flexibility index (Phi) is 4.37. The van der Waals surface area contributed by atoms with Crippen LogP contribution in [0.25, 0.3) is 0 Å². The van der Waals surface area contributed by atoms with Crippen molar-refractivity contribution in [3.63, 3.8) is 0 Å². The summed E-state index contributed by atoms with van der Waals surface area (Å²) in [7, 11) is 1.97. The summed E-state index contributed by atoms with van der Waals surface area (Å²) in [6, 6.07) is 2.23. The first-order valence-corrected chi connectivity index (χ1v) is 6.66. The van der Waals surface area contributed by atoms with Crippen molar-refractivity contribution < 1.29 is 0 Å². The molecule has 1 fully saturated rings. The summed E-state index contributed by atoms with van der Waals surface area (Å²) in [5.74, 6) is 1.16. The van der Waals surface area contributed by atoms with Crippen LogP contribution < -0.4 is 10.2 Å². The Labute approximate surface area is 104 Å². The fraction of sp³-hybridized carbons (Fsp3) is 0.643. The number of rotatable bonds is 3. The topological polar surface area (TPSA) is 28.2 Å². The monoisotopic (exact) mass is 233 g/mol. The van der Waals surface area contributed by atoms with Crippen LogP contribution in [0, 0.1) is 6.92 Å². The van der Waals surface area contributed by atoms with E-state index in [1.165, 1.54) is 36.8 Å². The summed E-state index contributed by atoms with van der Waals surface area (Å²) in [5, 5.41) is 3.18. The lowest BCUT2D eigenvalue weighted by Gasteiger charge is -2.22. The Morgan fingerprint density at radius 2 is 1.94 bits per heavy atom. The molecule has 1 saturated heterocycles. The van der Waals surface area contributed by atoms with E-state index in [9.17, 15) is 0 Å². The van der Waals surface area contributed by atoms with Gasteiger partial charge in [-0.15, -0.1) is 0 Å². The van der Waals surface area contributed by atoms with Crippen LogP contribution >= 0.6 is 0 Å². The molecular formula is C14H23N3. The van der Waals surface area contributed by atoms with Gasteiger partial charge in [0.1, 0.15) is 5.82 Å². The summed E-state index contributed by atoms with van der Waals surface area (Å²) in [4.78, 5) is 7.04. The number of hydrogen-bond donors (Lipinski definition) is 1. The molecule has 0 bridgehead atoms. The Morgan fingerprint density at radius 1 is 1.24 bits per heavy atom. The smallest absolute Gasteiger partial charge is 0.128 e. The van der Waals surface area contributed by atoms with Crippen LogP contribution in [0.3, 0.4) is 0 Å². The van der Waals surface area contributed by atoms with Crippen LogP contribution in [-0.4, -0.2) is 25.1 Å². The molecule has 1 aromatic heterocycles. The van der Waals surface area contributed by atoms with E-state index in [1.54, 1.807) is 0 Å². The average molecular weight is 233 g/mol. The molecule has 1 aliphatic rings. The van der Waals surface area contributed by atoms with Gasteiger partial charge in [0.25, 0.3) is 0 Å². The lowest BCUT2D eigenvalue weighted by Crippen LogP contribution is -2.25. The number of nitrogens with one attached hydrogen (secondary N) is 1. The van der Waals surface area contributed by atoms with Crippen molar-refractivity contribution in [1.29, 1.82) is 0 Å². The number of aryl methyl sites for hydroxylation is 1. The molecule has 0 aliphatic carbocycles. The van der Waals surface area contributed by atoms with Crippen molar-refractivity contribution in [2.24, 2.45) is 0 Å². The molecule has 1 aromatic rings. The van der Waals surface area contributed by atoms with Gasteiger partial charge in [0.05, 0.1) is 0 Å². The SMILES string of the molecule is CNCc1cnc(N2CCCCCC2)cc1C. The minimum absolute atomic E-state index is 0.902. The molecule has 3 heteroatoms. The van der Waals surface area contributed by atoms with Crippen molar-refractivity contribution >= 4 is 5.82 Å². The molecule has 17 heavy (non-hydrogen) atoms. The molecule has 0 amide bonds. The van der Waals surface area contributed by atoms with Crippen molar-refractivity contribution in [3.05, 3.63) is 23.4 Å². The highest BCUT2D eigenvalue weighted by molar-refractivity contribution is 5.43. The third kappa shape index (κ3) is 3.19. The lowest BCUT2D eigenvalue weighted by atomic mass is 10.1. The van der Waals surface area contributed by atoms with Crippen LogP contribution in [0.4, 0.5) is 5.82 Å². The molecule has 0 unspecified atom stereocenters. The highest BCUT2D eigenvalue weighted by atomic mass is 15.2. The Morgan fingerprint density at radius 3 is 2.53 bits per heavy atom. The minimum atomic E-state index is 0.902. The van der Waals surface area contributed by atoms with Crippen LogP contribution in [-0.2, 0) is 6.54 Å². The second-order valence-corrected chi connectivity index (χ2v) is 4.90. The van der Waals surface area contributed by atoms with Gasteiger partial charge >= 0.3 is 0 Å². The second-order valence-electron chi connectivity index (χ2n) is 4.90. The third-order valence-electron chi connectivity index (χ3n) is 3.50. The Balaban J connectivity index is 2.12. The minimum Gasteiger partial charge on any atom is -0.357 e. The van der Waals surface area contributed by atoms with Gasteiger partial charge in [0, 0.05) is 25.8 Å². The number of anilines is 1. The first-order chi connectivity index (χ1) is 8.31. The van der Waals surface area contributed by atoms with Crippen molar-refractivity contribution in [1.82, 2.24) is 10.3 Å². The zero-order valence-corrected chi connectivity index (χ0v) is 11.0. The van der Waals surface area contributed by atoms with Crippen LogP contribution in [0.5, 0.6) is 0 Å². The van der Waals surface area contributed by atoms with E-state index < -0.39 is 0 Å². The van der Waals surface area contributed by atoms with E-state index in [-0.39, 0.29) is 0 Å². The van der Waals surface area contributed by atoms with Crippen molar-refractivity contribution in [3.8, 4) is 0 Å². The Hall–Kier alpha value is -1.09. The van der Waals surface area contributed by atoms with E-state index in [2.05, 4.69) is 28.2 Å². The summed E-state index contributed by atoms with van der Waals surface area (Å²) < 4.78 is 0. The van der Waals surface area contributed by atoms with Crippen molar-refractivity contribution in [2.75, 3.05) is 25.0 Å². The highest BCUT2D eigenvalue weighted by Crippen LogP contribution is 2.19. The van der Waals surface area contributed by atoms with E-state index in [0.29, 0.717) is 0 Å². The van der Waals surface area contributed by atoms with E-state index in [4.69, 9.17) is 0 Å². The maximum absolute atomic E-state index is 4.61. The molecule has 1 aliphatic heterocycles. The first-order valence-electron chi connectivity index (χ1n) is 6.66. The third-order valence-corrected chi connectivity index (χ3v) is 3.50. The number of hydrogen-bond acceptors (Lipinski definition) is 3. The predicted molar refractivity (Wildman–Crippen MR) is 72.4 cm³/mol. The molecule has 2 heterocycles. The van der Waals surface area contributed by atoms with Crippen LogP contribution in [0.1, 0.15) is 36.8 Å². The first kappa shape index (κ1) is 12.4. The molecule has 0 radical (unpaired) electrons. The molecule has 94 valence electrons. The zero-order valence-electron chi connectivity index (χ0n) is 11.0. The van der Waals surface area contributed by atoms with Gasteiger partial charge in [0.15, 0.2) is 0 Å². The van der Waals surface area contributed by atoms with Crippen molar-refractivity contribution in [2.45, 2.75) is 39.2 Å². The molecule has 0 spiro atoms. The molecule has 0 aromatic carbocycles. The molecule has 2 rings (SSSR count). The maximum atomic E-state index is 4.61. The largest absolute Gasteiger partial charge is 0.357 e. The maximum Gasteiger partial charge on any atom is 0.128 e. The standard InChI is InChI=1S/C14H23N3/c1-12-9-14(16-11-13(12)10-15-2)17-7-5-3-4-6-8-17/h9,11,15H,3-8,10H2,1-2H3. The molecule has 1 N–H and O–H groups in total. The van der Waals surface area contributed by atoms with Gasteiger partial charge in [-0.1, -0.05) is 12.8 Å². The van der Waals surface area contributed by atoms with Gasteiger partial charge in [0.2, 0.25) is 0 Å². The number of aromatic nitrogens is 1. The summed E-state index contributed by atoms with van der Waals surface area (Å²) in [5.41, 5.74) is 2.64. The lowest BCUT2D eigenvalue weighted by molar-refractivity contribution is 0.726. The van der Waals surface area contributed by atoms with Gasteiger partial charge in [-0.3, -0.25) is 0 Å². The van der Waals surface area contributed by atoms with Gasteiger partial charge in [-0.2, -0.15) is 0 Å². The molecule has 0 saturated carbocycles. The Bertz CT molecular complexity index is 354. The van der Waals surface area contributed by atoms with Gasteiger partial charge in [-0.05, 0) is 44.0 Å². The van der Waals surface area contributed by atoms with Crippen LogP contribution in [0.2, 0.25) is 0 Å². The fourth-order valence-corrected chi connectivity index (χ4v) is 2.42. The zero-order chi connectivity index (χ0) is 12.1. The van der Waals surface area contributed by atoms with Gasteiger partial charge < -0.3 is 10.2 Å². The number of pyridine rings is 1. The van der Waals surface area contributed by atoms with E-state index in [1.807, 2.05) is 13.2 Å². The summed E-state index contributed by atoms with van der Waals surface area (Å²) >= 11 is 0. The van der Waals surface area contributed by atoms with Gasteiger partial charge in [-0.25, -0.2) is 4.98 Å². The quantitative estimate of drug-likeness (QED) is 0.869. The predicted octanol–water partition coefficient (Wildman–Crippen LogP) is 2.49. The van der Waals surface area contributed by atoms with E-state index >= 15 is 0 Å². The summed E-state index contributed by atoms with van der Waals surface area (Å²) in [6.45, 7) is 5.41. The fourth-order valence-electron chi connectivity index (χ4n) is 2.42. The summed E-state index contributed by atoms with van der Waals surface area (Å²) in [6.07, 6.45) is 7.37. The highest BCUT2D eigenvalue weighted by Gasteiger charge is 2.11. The number of nitrogens with zero attached hydrogens (tertiary/aromatic N) is 2. The molecule has 3 nitrogen and oxygen atoms in total. The normalized spacial score (nSPS) is 16.9. The second kappa shape index (κ2) is 6.01. The molecule has 0 atom stereocenters. The van der Waals surface area contributed by atoms with E-state index in [0.717, 1.165) is 25.5 Å². The van der Waals surface area contributed by atoms with Crippen LogP contribution in [0.15, 0.2) is 12.3 Å². The molecular weight excluding hydrogens is 210 g/mol. The average Bonchev–Trinajstić information content (AvgIpc) is 2.60.